The van der Waals surface area contributed by atoms with E-state index in [2.05, 4.69) is 21.0 Å². The molecule has 2 aromatic rings. The second kappa shape index (κ2) is 7.47. The molecule has 0 bridgehead atoms. The number of hydrogen-bond donors (Lipinski definition) is 3. The van der Waals surface area contributed by atoms with E-state index >= 15 is 0 Å². The topological polar surface area (TPSA) is 88.1 Å². The lowest BCUT2D eigenvalue weighted by atomic mass is 9.95. The summed E-state index contributed by atoms with van der Waals surface area (Å²) in [6.45, 7) is 5.78. The van der Waals surface area contributed by atoms with Crippen molar-refractivity contribution in [1.29, 1.82) is 0 Å². The molecule has 1 aromatic heterocycles. The molecule has 7 nitrogen and oxygen atoms in total. The molecule has 1 saturated heterocycles. The van der Waals surface area contributed by atoms with Crippen molar-refractivity contribution < 1.29 is 9.59 Å². The van der Waals surface area contributed by atoms with Crippen molar-refractivity contribution in [2.75, 3.05) is 5.32 Å². The Hall–Kier alpha value is -2.38. The summed E-state index contributed by atoms with van der Waals surface area (Å²) in [5, 5.41) is 14.0. The van der Waals surface area contributed by atoms with Gasteiger partial charge in [-0.15, -0.1) is 0 Å². The van der Waals surface area contributed by atoms with Crippen LogP contribution in [0.15, 0.2) is 30.3 Å². The van der Waals surface area contributed by atoms with Gasteiger partial charge >= 0.3 is 0 Å². The Morgan fingerprint density at radius 3 is 2.81 bits per heavy atom. The summed E-state index contributed by atoms with van der Waals surface area (Å²) in [7, 11) is 0. The predicted molar refractivity (Wildman–Crippen MR) is 99.9 cm³/mol. The number of nitrogens with zero attached hydrogens (tertiary/aromatic N) is 2. The normalized spacial score (nSPS) is 22.8. The Bertz CT molecular complexity index is 835. The number of aromatic nitrogens is 2. The van der Waals surface area contributed by atoms with E-state index in [1.54, 1.807) is 35.0 Å². The van der Waals surface area contributed by atoms with Gasteiger partial charge in [0.15, 0.2) is 6.29 Å². The first kappa shape index (κ1) is 18.4. The van der Waals surface area contributed by atoms with Crippen molar-refractivity contribution in [2.24, 2.45) is 5.92 Å². The van der Waals surface area contributed by atoms with Gasteiger partial charge in [-0.3, -0.25) is 14.9 Å². The van der Waals surface area contributed by atoms with Crippen LogP contribution in [0, 0.1) is 12.8 Å². The summed E-state index contributed by atoms with van der Waals surface area (Å²) >= 11 is 5.95. The van der Waals surface area contributed by atoms with E-state index in [9.17, 15) is 9.59 Å². The van der Waals surface area contributed by atoms with Crippen LogP contribution in [0.25, 0.3) is 0 Å². The molecule has 3 unspecified atom stereocenters. The van der Waals surface area contributed by atoms with E-state index < -0.39 is 6.29 Å². The summed E-state index contributed by atoms with van der Waals surface area (Å²) in [4.78, 5) is 24.8. The van der Waals surface area contributed by atoms with E-state index in [4.69, 9.17) is 11.6 Å². The first-order chi connectivity index (χ1) is 12.4. The number of hydrogen-bond acceptors (Lipinski definition) is 4. The number of nitrogens with one attached hydrogen (secondary N) is 3. The molecule has 1 aliphatic rings. The first-order valence-electron chi connectivity index (χ1n) is 8.58. The third-order valence-electron chi connectivity index (χ3n) is 4.51. The van der Waals surface area contributed by atoms with Gasteiger partial charge in [0.25, 0.3) is 5.91 Å². The zero-order valence-corrected chi connectivity index (χ0v) is 15.7. The molecule has 1 fully saturated rings. The number of anilines is 1. The Labute approximate surface area is 157 Å². The van der Waals surface area contributed by atoms with Gasteiger partial charge in [-0.05, 0) is 38.5 Å². The van der Waals surface area contributed by atoms with Crippen LogP contribution in [-0.2, 0) is 4.79 Å². The molecule has 0 saturated carbocycles. The third-order valence-corrected chi connectivity index (χ3v) is 4.75. The second-order valence-electron chi connectivity index (χ2n) is 6.46. The highest BCUT2D eigenvalue weighted by molar-refractivity contribution is 6.31. The molecule has 138 valence electrons. The minimum absolute atomic E-state index is 0.000243. The van der Waals surface area contributed by atoms with E-state index in [0.717, 1.165) is 12.1 Å². The molecular formula is C18H22ClN5O2. The maximum absolute atomic E-state index is 12.5. The summed E-state index contributed by atoms with van der Waals surface area (Å²) in [5.41, 5.74) is 1.18. The van der Waals surface area contributed by atoms with Crippen molar-refractivity contribution in [3.05, 3.63) is 46.6 Å². The molecule has 2 amide bonds. The molecule has 26 heavy (non-hydrogen) atoms. The maximum Gasteiger partial charge on any atom is 0.256 e. The molecule has 2 heterocycles. The Kier molecular flexibility index (Phi) is 5.29. The minimum atomic E-state index is -0.524. The van der Waals surface area contributed by atoms with Crippen LogP contribution in [0.4, 0.5) is 5.82 Å². The Morgan fingerprint density at radius 2 is 2.15 bits per heavy atom. The summed E-state index contributed by atoms with van der Waals surface area (Å²) in [5.74, 6) is 0.0825. The highest BCUT2D eigenvalue weighted by Crippen LogP contribution is 2.22. The van der Waals surface area contributed by atoms with Gasteiger partial charge in [0.1, 0.15) is 5.82 Å². The van der Waals surface area contributed by atoms with Crippen molar-refractivity contribution in [2.45, 2.75) is 39.5 Å². The second-order valence-corrected chi connectivity index (χ2v) is 6.90. The molecule has 0 spiro atoms. The fourth-order valence-corrected chi connectivity index (χ4v) is 3.36. The number of carbonyl (C=O) groups is 2. The highest BCUT2D eigenvalue weighted by atomic mass is 35.5. The Morgan fingerprint density at radius 1 is 1.38 bits per heavy atom. The van der Waals surface area contributed by atoms with Gasteiger partial charge in [0.2, 0.25) is 5.91 Å². The van der Waals surface area contributed by atoms with Crippen LogP contribution >= 0.6 is 11.6 Å². The van der Waals surface area contributed by atoms with Crippen LogP contribution < -0.4 is 16.0 Å². The van der Waals surface area contributed by atoms with E-state index in [1.807, 2.05) is 20.8 Å². The van der Waals surface area contributed by atoms with Gasteiger partial charge in [-0.2, -0.15) is 5.10 Å². The average Bonchev–Trinajstić information content (AvgIpc) is 2.95. The molecule has 3 N–H and O–H groups in total. The maximum atomic E-state index is 12.5. The number of carbonyl (C=O) groups excluding carboxylic acids is 2. The van der Waals surface area contributed by atoms with E-state index in [-0.39, 0.29) is 23.8 Å². The average molecular weight is 376 g/mol. The zero-order valence-electron chi connectivity index (χ0n) is 14.9. The number of halogens is 1. The van der Waals surface area contributed by atoms with Crippen LogP contribution in [0.5, 0.6) is 0 Å². The lowest BCUT2D eigenvalue weighted by Gasteiger charge is -2.35. The van der Waals surface area contributed by atoms with Crippen LogP contribution in [0.2, 0.25) is 5.02 Å². The highest BCUT2D eigenvalue weighted by Gasteiger charge is 2.34. The molecule has 3 rings (SSSR count). The van der Waals surface area contributed by atoms with Gasteiger partial charge in [-0.1, -0.05) is 24.6 Å². The molecule has 1 aliphatic heterocycles. The molecular weight excluding hydrogens is 354 g/mol. The Balaban J connectivity index is 1.82. The van der Waals surface area contributed by atoms with Crippen molar-refractivity contribution in [1.82, 2.24) is 20.4 Å². The fourth-order valence-electron chi connectivity index (χ4n) is 3.17. The molecule has 0 aliphatic carbocycles. The molecule has 0 radical (unpaired) electrons. The predicted octanol–water partition coefficient (Wildman–Crippen LogP) is 2.69. The number of aryl methyl sites for hydroxylation is 1. The monoisotopic (exact) mass is 375 g/mol. The third kappa shape index (κ3) is 3.73. The number of amides is 2. The number of rotatable bonds is 4. The van der Waals surface area contributed by atoms with Gasteiger partial charge < -0.3 is 10.6 Å². The van der Waals surface area contributed by atoms with Gasteiger partial charge in [-0.25, -0.2) is 4.68 Å². The van der Waals surface area contributed by atoms with E-state index in [1.165, 1.54) is 0 Å². The summed E-state index contributed by atoms with van der Waals surface area (Å²) < 4.78 is 1.58. The minimum Gasteiger partial charge on any atom is -0.322 e. The smallest absolute Gasteiger partial charge is 0.256 e. The quantitative estimate of drug-likeness (QED) is 0.766. The largest absolute Gasteiger partial charge is 0.322 e. The molecule has 1 aromatic carbocycles. The van der Waals surface area contributed by atoms with Crippen LogP contribution in [0.3, 0.4) is 0 Å². The first-order valence-corrected chi connectivity index (χ1v) is 8.96. The van der Waals surface area contributed by atoms with E-state index in [0.29, 0.717) is 16.4 Å². The molecule has 8 heteroatoms. The SMILES string of the molecule is CCC1C(=O)NC(n2nc(C)cc2NC(=O)c2cccc(Cl)c2)NC1C. The van der Waals surface area contributed by atoms with Crippen molar-refractivity contribution >= 4 is 29.2 Å². The zero-order chi connectivity index (χ0) is 18.8. The van der Waals surface area contributed by atoms with Crippen LogP contribution in [-0.4, -0.2) is 27.6 Å². The standard InChI is InChI=1S/C18H22ClN5O2/c1-4-14-11(3)20-18(22-17(14)26)24-15(8-10(2)23-24)21-16(25)12-6-5-7-13(19)9-12/h5-9,11,14,18,20H,4H2,1-3H3,(H,21,25)(H,22,26). The summed E-state index contributed by atoms with van der Waals surface area (Å²) in [6, 6.07) is 8.46. The van der Waals surface area contributed by atoms with Crippen molar-refractivity contribution in [3.63, 3.8) is 0 Å². The lowest BCUT2D eigenvalue weighted by Crippen LogP contribution is -2.57. The van der Waals surface area contributed by atoms with Crippen molar-refractivity contribution in [3.8, 4) is 0 Å². The number of benzene rings is 1. The lowest BCUT2D eigenvalue weighted by molar-refractivity contribution is -0.130. The molecule has 3 atom stereocenters. The van der Waals surface area contributed by atoms with Gasteiger partial charge in [0.05, 0.1) is 11.6 Å². The summed E-state index contributed by atoms with van der Waals surface area (Å²) in [6.07, 6.45) is 0.229. The van der Waals surface area contributed by atoms with Gasteiger partial charge in [0, 0.05) is 22.7 Å². The van der Waals surface area contributed by atoms with Crippen LogP contribution in [0.1, 0.15) is 42.6 Å². The fraction of sp³-hybridized carbons (Fsp3) is 0.389.